The van der Waals surface area contributed by atoms with E-state index in [9.17, 15) is 0 Å². The molecule has 0 fully saturated rings. The van der Waals surface area contributed by atoms with Crippen LogP contribution in [0.3, 0.4) is 0 Å². The van der Waals surface area contributed by atoms with Crippen molar-refractivity contribution in [1.29, 1.82) is 0 Å². The van der Waals surface area contributed by atoms with Gasteiger partial charge in [0.2, 0.25) is 0 Å². The van der Waals surface area contributed by atoms with Crippen molar-refractivity contribution >= 4 is 22.7 Å². The predicted octanol–water partition coefficient (Wildman–Crippen LogP) is 20.4. The second-order valence-corrected chi connectivity index (χ2v) is 25.7. The average molecular weight is 1140 g/mol. The molecule has 0 unspecified atom stereocenters. The van der Waals surface area contributed by atoms with E-state index in [-0.39, 0.29) is 23.7 Å². The quantitative estimate of drug-likeness (QED) is 0.0559. The second-order valence-electron chi connectivity index (χ2n) is 25.7. The first kappa shape index (κ1) is 59.9. The van der Waals surface area contributed by atoms with Gasteiger partial charge in [-0.3, -0.25) is 0 Å². The standard InChI is InChI=1S/C83H88N4/c1-60(2)55-86(56-61(3)4)72-51-74(78(64-33-17-9-18-34-64)65-35-19-10-20-36-65)82(75(52-72)79(66-37-21-11-22-38-66)67-39-23-12-24-40-67)84-49-50-85(59-84)83-76(80(68-41-25-13-26-42-68)69-43-27-14-28-44-69)53-73(87(57-62(5)6)58-63(7)8)54-77(83)81(70-45-29-15-30-46-70)71-47-31-16-32-48-71/h9-54,60-63,78-81H,55-59H2,1-8H3. The Morgan fingerprint density at radius 1 is 0.264 bits per heavy atom. The highest BCUT2D eigenvalue weighted by Crippen LogP contribution is 2.52. The Labute approximate surface area is 521 Å². The number of hydrogen-bond donors (Lipinski definition) is 0. The molecule has 0 spiro atoms. The predicted molar refractivity (Wildman–Crippen MR) is 371 cm³/mol. The minimum atomic E-state index is -0.102. The van der Waals surface area contributed by atoms with Gasteiger partial charge in [-0.1, -0.05) is 298 Å². The number of nitrogens with zero attached hydrogens (tertiary/aromatic N) is 4. The molecule has 4 heteroatoms. The topological polar surface area (TPSA) is 13.0 Å². The molecule has 440 valence electrons. The zero-order valence-corrected chi connectivity index (χ0v) is 52.5. The second kappa shape index (κ2) is 28.1. The van der Waals surface area contributed by atoms with E-state index in [0.717, 1.165) is 26.2 Å². The summed E-state index contributed by atoms with van der Waals surface area (Å²) >= 11 is 0. The summed E-state index contributed by atoms with van der Waals surface area (Å²) in [5.41, 5.74) is 20.2. The maximum absolute atomic E-state index is 2.68. The molecule has 0 aromatic heterocycles. The summed E-state index contributed by atoms with van der Waals surface area (Å²) in [6.07, 6.45) is 4.82. The molecular weight excluding hydrogens is 1050 g/mol. The largest absolute Gasteiger partial charge is 0.371 e. The molecule has 10 aromatic carbocycles. The van der Waals surface area contributed by atoms with Gasteiger partial charge in [-0.15, -0.1) is 0 Å². The van der Waals surface area contributed by atoms with Crippen LogP contribution in [0, 0.1) is 23.7 Å². The number of anilines is 4. The summed E-state index contributed by atoms with van der Waals surface area (Å²) in [6.45, 7) is 23.2. The van der Waals surface area contributed by atoms with E-state index < -0.39 is 0 Å². The van der Waals surface area contributed by atoms with Crippen LogP contribution in [0.15, 0.2) is 279 Å². The Balaban J connectivity index is 1.25. The third kappa shape index (κ3) is 14.0. The molecule has 0 aliphatic carbocycles. The summed E-state index contributed by atoms with van der Waals surface area (Å²) in [5, 5.41) is 0. The monoisotopic (exact) mass is 1140 g/mol. The molecule has 0 saturated carbocycles. The van der Waals surface area contributed by atoms with Crippen LogP contribution in [0.25, 0.3) is 0 Å². The van der Waals surface area contributed by atoms with Crippen LogP contribution in [0.5, 0.6) is 0 Å². The Morgan fingerprint density at radius 3 is 0.598 bits per heavy atom. The molecule has 87 heavy (non-hydrogen) atoms. The molecule has 0 bridgehead atoms. The molecule has 10 aromatic rings. The highest BCUT2D eigenvalue weighted by Gasteiger charge is 2.36. The maximum Gasteiger partial charge on any atom is 0.0989 e. The Morgan fingerprint density at radius 2 is 0.437 bits per heavy atom. The SMILES string of the molecule is CC(C)CN(CC(C)C)c1cc(C(c2ccccc2)c2ccccc2)c(N2C=CN(c3c(C(c4ccccc4)c4ccccc4)cc(N(CC(C)C)CC(C)C)cc3C(c3ccccc3)c3ccccc3)C2)c(C(c2ccccc2)c2ccccc2)c1. The third-order valence-corrected chi connectivity index (χ3v) is 17.0. The summed E-state index contributed by atoms with van der Waals surface area (Å²) < 4.78 is 0. The zero-order chi connectivity index (χ0) is 60.2. The first-order chi connectivity index (χ1) is 42.5. The fourth-order valence-corrected chi connectivity index (χ4v) is 13.6. The van der Waals surface area contributed by atoms with Crippen molar-refractivity contribution in [3.8, 4) is 0 Å². The lowest BCUT2D eigenvalue weighted by Gasteiger charge is -2.37. The van der Waals surface area contributed by atoms with Crippen LogP contribution < -0.4 is 19.6 Å². The van der Waals surface area contributed by atoms with Crippen molar-refractivity contribution in [3.63, 3.8) is 0 Å². The van der Waals surface area contributed by atoms with Crippen molar-refractivity contribution in [1.82, 2.24) is 0 Å². The Bertz CT molecular complexity index is 3120. The molecule has 0 atom stereocenters. The van der Waals surface area contributed by atoms with Crippen molar-refractivity contribution in [2.75, 3.05) is 52.4 Å². The normalized spacial score (nSPS) is 12.6. The minimum absolute atomic E-state index is 0.102. The van der Waals surface area contributed by atoms with Gasteiger partial charge in [0.05, 0.1) is 18.0 Å². The summed E-state index contributed by atoms with van der Waals surface area (Å²) in [7, 11) is 0. The molecule has 0 saturated heterocycles. The van der Waals surface area contributed by atoms with Crippen molar-refractivity contribution in [2.45, 2.75) is 79.1 Å². The first-order valence-corrected chi connectivity index (χ1v) is 32.0. The molecular formula is C83H88N4. The van der Waals surface area contributed by atoms with Gasteiger partial charge >= 0.3 is 0 Å². The van der Waals surface area contributed by atoms with E-state index in [1.165, 1.54) is 89.5 Å². The fraction of sp³-hybridized carbons (Fsp3) is 0.253. The third-order valence-electron chi connectivity index (χ3n) is 17.0. The molecule has 4 nitrogen and oxygen atoms in total. The lowest BCUT2D eigenvalue weighted by molar-refractivity contribution is 0.552. The number of hydrogen-bond acceptors (Lipinski definition) is 4. The minimum Gasteiger partial charge on any atom is -0.371 e. The molecule has 0 N–H and O–H groups in total. The highest BCUT2D eigenvalue weighted by molar-refractivity contribution is 5.80. The molecule has 11 rings (SSSR count). The highest BCUT2D eigenvalue weighted by atomic mass is 15.3. The van der Waals surface area contributed by atoms with Gasteiger partial charge in [0, 0.05) is 73.6 Å². The maximum atomic E-state index is 2.68. The van der Waals surface area contributed by atoms with Gasteiger partial charge < -0.3 is 19.6 Å². The average Bonchev–Trinajstić information content (AvgIpc) is 1.81. The summed E-state index contributed by atoms with van der Waals surface area (Å²) in [6, 6.07) is 101. The van der Waals surface area contributed by atoms with Crippen LogP contribution in [0.2, 0.25) is 0 Å². The van der Waals surface area contributed by atoms with E-state index in [4.69, 9.17) is 0 Å². The smallest absolute Gasteiger partial charge is 0.0989 e. The van der Waals surface area contributed by atoms with Crippen LogP contribution in [0.1, 0.15) is 146 Å². The van der Waals surface area contributed by atoms with Gasteiger partial charge in [-0.05, 0) is 115 Å². The van der Waals surface area contributed by atoms with Crippen LogP contribution in [-0.4, -0.2) is 32.8 Å². The van der Waals surface area contributed by atoms with E-state index in [0.29, 0.717) is 30.3 Å². The number of rotatable bonds is 24. The zero-order valence-electron chi connectivity index (χ0n) is 52.5. The summed E-state index contributed by atoms with van der Waals surface area (Å²) in [4.78, 5) is 10.6. The fourth-order valence-electron chi connectivity index (χ4n) is 13.6. The lowest BCUT2D eigenvalue weighted by atomic mass is 9.78. The van der Waals surface area contributed by atoms with Gasteiger partial charge in [0.1, 0.15) is 0 Å². The van der Waals surface area contributed by atoms with Crippen molar-refractivity contribution in [2.24, 2.45) is 23.7 Å². The molecule has 1 aliphatic heterocycles. The molecule has 1 heterocycles. The number of benzene rings is 10. The van der Waals surface area contributed by atoms with Gasteiger partial charge in [-0.25, -0.2) is 0 Å². The van der Waals surface area contributed by atoms with E-state index in [1.807, 2.05) is 0 Å². The van der Waals surface area contributed by atoms with Gasteiger partial charge in [-0.2, -0.15) is 0 Å². The molecule has 1 aliphatic rings. The van der Waals surface area contributed by atoms with E-state index >= 15 is 0 Å². The van der Waals surface area contributed by atoms with Gasteiger partial charge in [0.15, 0.2) is 0 Å². The van der Waals surface area contributed by atoms with Gasteiger partial charge in [0.25, 0.3) is 0 Å². The molecule has 0 amide bonds. The Hall–Kier alpha value is -8.86. The van der Waals surface area contributed by atoms with E-state index in [2.05, 4.69) is 354 Å². The van der Waals surface area contributed by atoms with Crippen molar-refractivity contribution in [3.05, 3.63) is 346 Å². The van der Waals surface area contributed by atoms with Crippen LogP contribution in [0.4, 0.5) is 22.7 Å². The molecule has 0 radical (unpaired) electrons. The van der Waals surface area contributed by atoms with Crippen LogP contribution >= 0.6 is 0 Å². The first-order valence-electron chi connectivity index (χ1n) is 32.0. The van der Waals surface area contributed by atoms with E-state index in [1.54, 1.807) is 0 Å². The van der Waals surface area contributed by atoms with Crippen molar-refractivity contribution < 1.29 is 0 Å². The lowest BCUT2D eigenvalue weighted by Crippen LogP contribution is -2.33. The summed E-state index contributed by atoms with van der Waals surface area (Å²) in [5.74, 6) is 1.40. The van der Waals surface area contributed by atoms with Crippen LogP contribution in [-0.2, 0) is 0 Å². The Kier molecular flexibility index (Phi) is 19.3.